The summed E-state index contributed by atoms with van der Waals surface area (Å²) in [5.41, 5.74) is 1.92. The summed E-state index contributed by atoms with van der Waals surface area (Å²) in [5, 5.41) is 7.44. The lowest BCUT2D eigenvalue weighted by Crippen LogP contribution is -2.39. The Morgan fingerprint density at radius 1 is 1.21 bits per heavy atom. The predicted octanol–water partition coefficient (Wildman–Crippen LogP) is 3.01. The third-order valence-corrected chi connectivity index (χ3v) is 5.09. The van der Waals surface area contributed by atoms with E-state index in [0.717, 1.165) is 11.0 Å². The van der Waals surface area contributed by atoms with Crippen molar-refractivity contribution in [3.63, 3.8) is 0 Å². The summed E-state index contributed by atoms with van der Waals surface area (Å²) in [7, 11) is 1.89. The number of anilines is 1. The van der Waals surface area contributed by atoms with Gasteiger partial charge in [-0.15, -0.1) is 11.3 Å². The highest BCUT2D eigenvalue weighted by Gasteiger charge is 2.11. The first kappa shape index (κ1) is 18.6. The molecule has 1 heterocycles. The van der Waals surface area contributed by atoms with Crippen LogP contribution < -0.4 is 10.6 Å². The van der Waals surface area contributed by atoms with Crippen molar-refractivity contribution in [1.82, 2.24) is 10.2 Å². The highest BCUT2D eigenvalue weighted by molar-refractivity contribution is 9.10. The Hall–Kier alpha value is -1.70. The Morgan fingerprint density at radius 2 is 1.96 bits per heavy atom. The molecule has 128 valence electrons. The molecule has 24 heavy (non-hydrogen) atoms. The van der Waals surface area contributed by atoms with Gasteiger partial charge < -0.3 is 10.6 Å². The van der Waals surface area contributed by atoms with Crippen LogP contribution in [0.1, 0.15) is 10.4 Å². The second kappa shape index (κ2) is 8.96. The van der Waals surface area contributed by atoms with Gasteiger partial charge in [-0.1, -0.05) is 12.1 Å². The van der Waals surface area contributed by atoms with Gasteiger partial charge in [-0.25, -0.2) is 0 Å². The number of amides is 2. The normalized spacial score (nSPS) is 10.7. The molecular formula is C17H20BrN3O2S. The van der Waals surface area contributed by atoms with Crippen LogP contribution in [0.3, 0.4) is 0 Å². The summed E-state index contributed by atoms with van der Waals surface area (Å²) in [4.78, 5) is 27.0. The fourth-order valence-electron chi connectivity index (χ4n) is 2.10. The van der Waals surface area contributed by atoms with Crippen LogP contribution in [0.4, 0.5) is 5.69 Å². The molecule has 1 aromatic heterocycles. The maximum Gasteiger partial charge on any atom is 0.243 e. The molecule has 5 nitrogen and oxygen atoms in total. The number of carbonyl (C=O) groups excluding carboxylic acids is 2. The minimum Gasteiger partial charge on any atom is -0.346 e. The average molecular weight is 410 g/mol. The quantitative estimate of drug-likeness (QED) is 0.738. The summed E-state index contributed by atoms with van der Waals surface area (Å²) in [6, 6.07) is 9.41. The number of likely N-dealkylation sites (N-methyl/N-ethyl adjacent to an activating group) is 1. The first-order chi connectivity index (χ1) is 11.5. The van der Waals surface area contributed by atoms with E-state index in [4.69, 9.17) is 0 Å². The van der Waals surface area contributed by atoms with Crippen LogP contribution in [-0.4, -0.2) is 36.9 Å². The van der Waals surface area contributed by atoms with Gasteiger partial charge in [-0.3, -0.25) is 14.5 Å². The van der Waals surface area contributed by atoms with Gasteiger partial charge in [0.05, 0.1) is 18.8 Å². The van der Waals surface area contributed by atoms with Crippen molar-refractivity contribution in [2.75, 3.05) is 25.5 Å². The maximum atomic E-state index is 12.0. The minimum atomic E-state index is -0.257. The molecule has 1 aromatic carbocycles. The van der Waals surface area contributed by atoms with Crippen molar-refractivity contribution in [1.29, 1.82) is 0 Å². The molecule has 0 unspecified atom stereocenters. The zero-order chi connectivity index (χ0) is 17.5. The summed E-state index contributed by atoms with van der Waals surface area (Å²) >= 11 is 5.05. The number of halogens is 1. The number of aryl methyl sites for hydroxylation is 1. The van der Waals surface area contributed by atoms with E-state index in [1.54, 1.807) is 17.4 Å². The number of nitrogens with zero attached hydrogens (tertiary/aromatic N) is 1. The van der Waals surface area contributed by atoms with Crippen LogP contribution in [-0.2, 0) is 16.1 Å². The van der Waals surface area contributed by atoms with Crippen LogP contribution in [0.15, 0.2) is 40.2 Å². The van der Waals surface area contributed by atoms with Gasteiger partial charge in [0.15, 0.2) is 0 Å². The Balaban J connectivity index is 1.73. The van der Waals surface area contributed by atoms with Crippen LogP contribution in [0.5, 0.6) is 0 Å². The number of thiophene rings is 1. The van der Waals surface area contributed by atoms with Crippen molar-refractivity contribution in [3.05, 3.63) is 50.6 Å². The lowest BCUT2D eigenvalue weighted by molar-refractivity contribution is -0.124. The molecule has 2 rings (SSSR count). The van der Waals surface area contributed by atoms with Crippen molar-refractivity contribution in [3.8, 4) is 0 Å². The number of hydrogen-bond acceptors (Lipinski definition) is 4. The largest absolute Gasteiger partial charge is 0.346 e. The van der Waals surface area contributed by atoms with E-state index in [-0.39, 0.29) is 24.9 Å². The summed E-state index contributed by atoms with van der Waals surface area (Å²) in [6.45, 7) is 2.98. The Morgan fingerprint density at radius 3 is 2.62 bits per heavy atom. The van der Waals surface area contributed by atoms with E-state index in [2.05, 4.69) is 39.6 Å². The lowest BCUT2D eigenvalue weighted by Gasteiger charge is -2.16. The molecule has 0 saturated heterocycles. The smallest absolute Gasteiger partial charge is 0.243 e. The number of rotatable bonds is 7. The summed E-state index contributed by atoms with van der Waals surface area (Å²) in [5.74, 6) is -0.430. The van der Waals surface area contributed by atoms with Gasteiger partial charge in [-0.2, -0.15) is 0 Å². The average Bonchev–Trinajstić information content (AvgIpc) is 2.92. The van der Waals surface area contributed by atoms with Gasteiger partial charge in [0.1, 0.15) is 0 Å². The van der Waals surface area contributed by atoms with E-state index in [1.807, 2.05) is 35.5 Å². The summed E-state index contributed by atoms with van der Waals surface area (Å²) in [6.07, 6.45) is 0. The molecule has 0 aliphatic rings. The second-order valence-corrected chi connectivity index (χ2v) is 7.36. The van der Waals surface area contributed by atoms with Crippen molar-refractivity contribution >= 4 is 44.8 Å². The van der Waals surface area contributed by atoms with Crippen molar-refractivity contribution in [2.45, 2.75) is 13.5 Å². The van der Waals surface area contributed by atoms with Crippen molar-refractivity contribution < 1.29 is 9.59 Å². The maximum absolute atomic E-state index is 12.0. The molecule has 0 saturated carbocycles. The monoisotopic (exact) mass is 409 g/mol. The first-order valence-corrected chi connectivity index (χ1v) is 9.15. The van der Waals surface area contributed by atoms with Crippen molar-refractivity contribution in [2.24, 2.45) is 0 Å². The van der Waals surface area contributed by atoms with Gasteiger partial charge in [0.2, 0.25) is 11.8 Å². The molecule has 0 bridgehead atoms. The Kier molecular flexibility index (Phi) is 6.96. The molecule has 0 radical (unpaired) electrons. The molecule has 2 N–H and O–H groups in total. The Labute approximate surface area is 154 Å². The molecule has 2 aromatic rings. The van der Waals surface area contributed by atoms with Gasteiger partial charge in [-0.05, 0) is 59.0 Å². The molecule has 0 aliphatic carbocycles. The molecule has 0 atom stereocenters. The van der Waals surface area contributed by atoms with Crippen LogP contribution in [0.25, 0.3) is 0 Å². The van der Waals surface area contributed by atoms with Crippen LogP contribution >= 0.6 is 27.3 Å². The SMILES string of the molecule is Cc1ccsc1CN(C)CC(=O)NCC(=O)Nc1ccccc1Br. The van der Waals surface area contributed by atoms with Crippen LogP contribution in [0, 0.1) is 6.92 Å². The van der Waals surface area contributed by atoms with E-state index in [0.29, 0.717) is 5.69 Å². The zero-order valence-electron chi connectivity index (χ0n) is 13.6. The number of hydrogen-bond donors (Lipinski definition) is 2. The Bertz CT molecular complexity index is 717. The van der Waals surface area contributed by atoms with Crippen LogP contribution in [0.2, 0.25) is 0 Å². The van der Waals surface area contributed by atoms with E-state index < -0.39 is 0 Å². The van der Waals surface area contributed by atoms with E-state index in [1.165, 1.54) is 10.4 Å². The number of nitrogens with one attached hydrogen (secondary N) is 2. The molecule has 0 aliphatic heterocycles. The topological polar surface area (TPSA) is 61.4 Å². The van der Waals surface area contributed by atoms with Gasteiger partial charge in [0.25, 0.3) is 0 Å². The van der Waals surface area contributed by atoms with E-state index >= 15 is 0 Å². The summed E-state index contributed by atoms with van der Waals surface area (Å²) < 4.78 is 0.802. The van der Waals surface area contributed by atoms with Gasteiger partial charge >= 0.3 is 0 Å². The fourth-order valence-corrected chi connectivity index (χ4v) is 3.47. The standard InChI is InChI=1S/C17H20BrN3O2S/c1-12-7-8-24-15(12)10-21(2)11-17(23)19-9-16(22)20-14-6-4-3-5-13(14)18/h3-8H,9-11H2,1-2H3,(H,19,23)(H,20,22). The molecular weight excluding hydrogens is 390 g/mol. The molecule has 0 fully saturated rings. The third-order valence-electron chi connectivity index (χ3n) is 3.39. The molecule has 7 heteroatoms. The minimum absolute atomic E-state index is 0.0496. The predicted molar refractivity (Wildman–Crippen MR) is 101 cm³/mol. The lowest BCUT2D eigenvalue weighted by atomic mass is 10.3. The van der Waals surface area contributed by atoms with E-state index in [9.17, 15) is 9.59 Å². The first-order valence-electron chi connectivity index (χ1n) is 7.48. The molecule has 2 amide bonds. The fraction of sp³-hybridized carbons (Fsp3) is 0.294. The highest BCUT2D eigenvalue weighted by Crippen LogP contribution is 2.20. The zero-order valence-corrected chi connectivity index (χ0v) is 16.0. The number of benzene rings is 1. The highest BCUT2D eigenvalue weighted by atomic mass is 79.9. The number of para-hydroxylation sites is 1. The number of carbonyl (C=O) groups is 2. The van der Waals surface area contributed by atoms with Gasteiger partial charge in [0, 0.05) is 15.9 Å². The third kappa shape index (κ3) is 5.74. The molecule has 0 spiro atoms. The second-order valence-electron chi connectivity index (χ2n) is 5.50.